The minimum absolute atomic E-state index is 0.109. The molecule has 1 fully saturated rings. The van der Waals surface area contributed by atoms with Crippen LogP contribution in [-0.4, -0.2) is 37.3 Å². The van der Waals surface area contributed by atoms with Crippen LogP contribution in [0.4, 0.5) is 11.4 Å². The topological polar surface area (TPSA) is 64.6 Å². The summed E-state index contributed by atoms with van der Waals surface area (Å²) in [4.78, 5) is 14.9. The van der Waals surface area contributed by atoms with Gasteiger partial charge in [0.1, 0.15) is 0 Å². The molecule has 2 aliphatic rings. The lowest BCUT2D eigenvalue weighted by molar-refractivity contribution is -0.120. The first-order chi connectivity index (χ1) is 14.7. The molecule has 30 heavy (non-hydrogen) atoms. The van der Waals surface area contributed by atoms with E-state index in [2.05, 4.69) is 39.8 Å². The molecule has 2 unspecified atom stereocenters. The molecule has 1 aliphatic carbocycles. The fourth-order valence-electron chi connectivity index (χ4n) is 4.98. The third kappa shape index (κ3) is 4.52. The quantitative estimate of drug-likeness (QED) is 0.652. The van der Waals surface area contributed by atoms with E-state index in [1.807, 2.05) is 31.3 Å². The van der Waals surface area contributed by atoms with Gasteiger partial charge < -0.3 is 20.6 Å². The zero-order chi connectivity index (χ0) is 20.9. The van der Waals surface area contributed by atoms with Crippen molar-refractivity contribution in [1.29, 1.82) is 0 Å². The van der Waals surface area contributed by atoms with E-state index in [0.717, 1.165) is 55.6 Å². The van der Waals surface area contributed by atoms with Gasteiger partial charge in [0, 0.05) is 30.4 Å². The largest absolute Gasteiger partial charge is 0.389 e. The van der Waals surface area contributed by atoms with Gasteiger partial charge in [-0.15, -0.1) is 0 Å². The summed E-state index contributed by atoms with van der Waals surface area (Å²) in [5.74, 6) is 0.318. The zero-order valence-corrected chi connectivity index (χ0v) is 17.8. The molecule has 160 valence electrons. The van der Waals surface area contributed by atoms with Crippen LogP contribution in [-0.2, 0) is 11.2 Å². The molecule has 2 aromatic carbocycles. The Morgan fingerprint density at radius 2 is 1.90 bits per heavy atom. The first-order valence-corrected chi connectivity index (χ1v) is 11.3. The molecular formula is C25H33N3O2. The molecule has 1 saturated carbocycles. The predicted molar refractivity (Wildman–Crippen MR) is 122 cm³/mol. The number of hydrogen-bond acceptors (Lipinski definition) is 4. The van der Waals surface area contributed by atoms with Crippen LogP contribution in [0.3, 0.4) is 0 Å². The van der Waals surface area contributed by atoms with Gasteiger partial charge in [-0.25, -0.2) is 0 Å². The smallest absolute Gasteiger partial charge is 0.227 e. The maximum atomic E-state index is 12.6. The molecule has 3 N–H and O–H groups in total. The van der Waals surface area contributed by atoms with Crippen LogP contribution in [0.2, 0.25) is 0 Å². The van der Waals surface area contributed by atoms with Crippen molar-refractivity contribution in [2.45, 2.75) is 50.7 Å². The van der Waals surface area contributed by atoms with E-state index in [1.54, 1.807) is 0 Å². The molecule has 0 radical (unpaired) electrons. The Bertz CT molecular complexity index is 849. The van der Waals surface area contributed by atoms with E-state index in [4.69, 9.17) is 0 Å². The molecule has 5 nitrogen and oxygen atoms in total. The molecule has 0 bridgehead atoms. The number of likely N-dealkylation sites (N-methyl/N-ethyl adjacent to an activating group) is 1. The SMILES string of the molecule is CNCC(O)C(c1ccccc1)N1CCc2cc(NC(=O)C3CCCCC3)ccc21. The molecular weight excluding hydrogens is 374 g/mol. The molecule has 4 rings (SSSR count). The lowest BCUT2D eigenvalue weighted by atomic mass is 9.88. The van der Waals surface area contributed by atoms with Gasteiger partial charge in [0.15, 0.2) is 0 Å². The second-order valence-corrected chi connectivity index (χ2v) is 8.59. The van der Waals surface area contributed by atoms with Crippen molar-refractivity contribution in [3.63, 3.8) is 0 Å². The fraction of sp³-hybridized carbons (Fsp3) is 0.480. The molecule has 1 heterocycles. The van der Waals surface area contributed by atoms with E-state index in [0.29, 0.717) is 6.54 Å². The van der Waals surface area contributed by atoms with Crippen LogP contribution in [0.5, 0.6) is 0 Å². The average Bonchev–Trinajstić information content (AvgIpc) is 3.18. The van der Waals surface area contributed by atoms with Gasteiger partial charge in [0.2, 0.25) is 5.91 Å². The van der Waals surface area contributed by atoms with Gasteiger partial charge in [-0.2, -0.15) is 0 Å². The van der Waals surface area contributed by atoms with Gasteiger partial charge in [0.25, 0.3) is 0 Å². The van der Waals surface area contributed by atoms with Crippen LogP contribution in [0.25, 0.3) is 0 Å². The number of amides is 1. The molecule has 0 aromatic heterocycles. The number of aliphatic hydroxyl groups is 1. The predicted octanol–water partition coefficient (Wildman–Crippen LogP) is 3.89. The van der Waals surface area contributed by atoms with Gasteiger partial charge in [-0.3, -0.25) is 4.79 Å². The first-order valence-electron chi connectivity index (χ1n) is 11.3. The molecule has 1 amide bonds. The Hall–Kier alpha value is -2.37. The first kappa shape index (κ1) is 20.9. The van der Waals surface area contributed by atoms with Crippen molar-refractivity contribution >= 4 is 17.3 Å². The van der Waals surface area contributed by atoms with Crippen molar-refractivity contribution < 1.29 is 9.90 Å². The molecule has 2 atom stereocenters. The van der Waals surface area contributed by atoms with E-state index in [1.165, 1.54) is 12.0 Å². The Balaban J connectivity index is 1.53. The standard InChI is InChI=1S/C25H33N3O2/c1-26-17-23(29)24(18-8-4-2-5-9-18)28-15-14-20-16-21(12-13-22(20)28)27-25(30)19-10-6-3-7-11-19/h2,4-5,8-9,12-13,16,19,23-24,26,29H,3,6-7,10-11,14-15,17H2,1H3,(H,27,30). The summed E-state index contributed by atoms with van der Waals surface area (Å²) >= 11 is 0. The van der Waals surface area contributed by atoms with Crippen molar-refractivity contribution in [2.75, 3.05) is 30.4 Å². The monoisotopic (exact) mass is 407 g/mol. The summed E-state index contributed by atoms with van der Waals surface area (Å²) in [5, 5.41) is 17.2. The lowest BCUT2D eigenvalue weighted by Gasteiger charge is -2.34. The second-order valence-electron chi connectivity index (χ2n) is 8.59. The van der Waals surface area contributed by atoms with Crippen molar-refractivity contribution in [3.05, 3.63) is 59.7 Å². The Kier molecular flexibility index (Phi) is 6.70. The van der Waals surface area contributed by atoms with Gasteiger partial charge >= 0.3 is 0 Å². The number of aliphatic hydroxyl groups excluding tert-OH is 1. The highest BCUT2D eigenvalue weighted by molar-refractivity contribution is 5.93. The Labute approximate surface area is 179 Å². The highest BCUT2D eigenvalue weighted by Crippen LogP contribution is 2.38. The van der Waals surface area contributed by atoms with E-state index >= 15 is 0 Å². The zero-order valence-electron chi connectivity index (χ0n) is 17.8. The lowest BCUT2D eigenvalue weighted by Crippen LogP contribution is -2.40. The molecule has 0 saturated heterocycles. The number of anilines is 2. The van der Waals surface area contributed by atoms with Crippen molar-refractivity contribution in [3.8, 4) is 0 Å². The van der Waals surface area contributed by atoms with Gasteiger partial charge in [-0.05, 0) is 55.6 Å². The fourth-order valence-corrected chi connectivity index (χ4v) is 4.98. The van der Waals surface area contributed by atoms with Gasteiger partial charge in [0.05, 0.1) is 12.1 Å². The highest BCUT2D eigenvalue weighted by Gasteiger charge is 2.32. The van der Waals surface area contributed by atoms with Gasteiger partial charge in [-0.1, -0.05) is 49.6 Å². The number of carbonyl (C=O) groups is 1. The maximum Gasteiger partial charge on any atom is 0.227 e. The number of carbonyl (C=O) groups excluding carboxylic acids is 1. The normalized spacial score (nSPS) is 18.7. The summed E-state index contributed by atoms with van der Waals surface area (Å²) in [7, 11) is 1.87. The van der Waals surface area contributed by atoms with E-state index < -0.39 is 6.10 Å². The Morgan fingerprint density at radius 1 is 1.13 bits per heavy atom. The Morgan fingerprint density at radius 3 is 2.63 bits per heavy atom. The minimum Gasteiger partial charge on any atom is -0.389 e. The number of nitrogens with zero attached hydrogens (tertiary/aromatic N) is 1. The number of hydrogen-bond donors (Lipinski definition) is 3. The summed E-state index contributed by atoms with van der Waals surface area (Å²) in [6.07, 6.45) is 5.98. The van der Waals surface area contributed by atoms with Crippen molar-refractivity contribution in [1.82, 2.24) is 5.32 Å². The van der Waals surface area contributed by atoms with Crippen molar-refractivity contribution in [2.24, 2.45) is 5.92 Å². The summed E-state index contributed by atoms with van der Waals surface area (Å²) in [6.45, 7) is 1.39. The molecule has 0 spiro atoms. The molecule has 2 aromatic rings. The average molecular weight is 408 g/mol. The third-order valence-electron chi connectivity index (χ3n) is 6.51. The second kappa shape index (κ2) is 9.63. The van der Waals surface area contributed by atoms with Crippen LogP contribution >= 0.6 is 0 Å². The molecule has 5 heteroatoms. The summed E-state index contributed by atoms with van der Waals surface area (Å²) in [5.41, 5.74) is 4.38. The third-order valence-corrected chi connectivity index (χ3v) is 6.51. The van der Waals surface area contributed by atoms with E-state index in [-0.39, 0.29) is 17.9 Å². The maximum absolute atomic E-state index is 12.6. The van der Waals surface area contributed by atoms with Crippen LogP contribution in [0.15, 0.2) is 48.5 Å². The van der Waals surface area contributed by atoms with E-state index in [9.17, 15) is 9.90 Å². The minimum atomic E-state index is -0.519. The summed E-state index contributed by atoms with van der Waals surface area (Å²) in [6, 6.07) is 16.3. The van der Waals surface area contributed by atoms with Crippen LogP contribution < -0.4 is 15.5 Å². The number of benzene rings is 2. The highest BCUT2D eigenvalue weighted by atomic mass is 16.3. The number of fused-ring (bicyclic) bond motifs is 1. The van der Waals surface area contributed by atoms with Crippen LogP contribution in [0.1, 0.15) is 49.3 Å². The number of nitrogens with one attached hydrogen (secondary N) is 2. The summed E-state index contributed by atoms with van der Waals surface area (Å²) < 4.78 is 0. The molecule has 1 aliphatic heterocycles. The van der Waals surface area contributed by atoms with Crippen LogP contribution in [0, 0.1) is 5.92 Å². The number of rotatable bonds is 7.